The van der Waals surface area contributed by atoms with Crippen molar-refractivity contribution in [1.29, 1.82) is 0 Å². The van der Waals surface area contributed by atoms with E-state index in [1.54, 1.807) is 17.8 Å². The number of likely N-dealkylation sites (tertiary alicyclic amines) is 1. The Morgan fingerprint density at radius 3 is 2.26 bits per heavy atom. The van der Waals surface area contributed by atoms with Crippen molar-refractivity contribution < 1.29 is 13.2 Å². The summed E-state index contributed by atoms with van der Waals surface area (Å²) in [6.07, 6.45) is 7.16. The Bertz CT molecular complexity index is 1120. The van der Waals surface area contributed by atoms with Crippen molar-refractivity contribution in [1.82, 2.24) is 19.4 Å². The highest BCUT2D eigenvalue weighted by molar-refractivity contribution is 7.90. The second-order valence-electron chi connectivity index (χ2n) is 8.89. The van der Waals surface area contributed by atoms with Crippen LogP contribution in [0.25, 0.3) is 0 Å². The minimum atomic E-state index is -4.07. The summed E-state index contributed by atoms with van der Waals surface area (Å²) in [6.45, 7) is 4.05. The smallest absolute Gasteiger partial charge is 0.307 e. The molecule has 1 atom stereocenters. The van der Waals surface area contributed by atoms with Crippen LogP contribution in [0.1, 0.15) is 60.2 Å². The molecule has 31 heavy (non-hydrogen) atoms. The molecule has 1 aromatic carbocycles. The maximum Gasteiger partial charge on any atom is 0.333 e. The maximum absolute atomic E-state index is 12.9. The average Bonchev–Trinajstić information content (AvgIpc) is 3.38. The summed E-state index contributed by atoms with van der Waals surface area (Å²) in [6, 6.07) is 3.20. The molecule has 3 aliphatic rings. The molecule has 2 N–H and O–H groups in total. The van der Waals surface area contributed by atoms with E-state index in [0.29, 0.717) is 0 Å². The molecule has 1 aromatic heterocycles. The molecule has 8 nitrogen and oxygen atoms in total. The minimum absolute atomic E-state index is 0.0820. The summed E-state index contributed by atoms with van der Waals surface area (Å²) in [5.74, 6) is 0. The number of hydrogen-bond donors (Lipinski definition) is 2. The summed E-state index contributed by atoms with van der Waals surface area (Å²) in [5.41, 5.74) is 6.54. The number of benzene rings is 1. The zero-order valence-electron chi connectivity index (χ0n) is 18.1. The second-order valence-corrected chi connectivity index (χ2v) is 10.5. The third kappa shape index (κ3) is 3.63. The Morgan fingerprint density at radius 2 is 1.68 bits per heavy atom. The van der Waals surface area contributed by atoms with Crippen LogP contribution >= 0.6 is 0 Å². The lowest BCUT2D eigenvalue weighted by molar-refractivity contribution is 0.123. The standard InChI is InChI=1S/C22H29N5O3S/c1-14(27-10-5-11-27)19-13-20(24-26(19)2)31(29,30)25-22(28)23-21-17-8-3-6-15(17)12-16-7-4-9-18(16)21/h12-14H,3-11H2,1-2H3,(H2,23,25,28). The van der Waals surface area contributed by atoms with E-state index in [1.165, 1.54) is 11.1 Å². The molecule has 2 aliphatic carbocycles. The van der Waals surface area contributed by atoms with E-state index in [4.69, 9.17) is 0 Å². The Balaban J connectivity index is 1.36. The molecular formula is C22H29N5O3S. The van der Waals surface area contributed by atoms with Crippen molar-refractivity contribution >= 4 is 21.7 Å². The van der Waals surface area contributed by atoms with Gasteiger partial charge in [0.05, 0.1) is 5.69 Å². The number of nitrogens with one attached hydrogen (secondary N) is 2. The highest BCUT2D eigenvalue weighted by atomic mass is 32.2. The van der Waals surface area contributed by atoms with Crippen LogP contribution in [0.3, 0.4) is 0 Å². The van der Waals surface area contributed by atoms with Gasteiger partial charge in [-0.2, -0.15) is 13.5 Å². The second kappa shape index (κ2) is 7.63. The topological polar surface area (TPSA) is 96.3 Å². The lowest BCUT2D eigenvalue weighted by atomic mass is 9.99. The van der Waals surface area contributed by atoms with Crippen LogP contribution in [-0.2, 0) is 42.8 Å². The Kier molecular flexibility index (Phi) is 5.05. The molecule has 1 unspecified atom stereocenters. The molecule has 2 aromatic rings. The van der Waals surface area contributed by atoms with E-state index in [9.17, 15) is 13.2 Å². The van der Waals surface area contributed by atoms with Crippen LogP contribution in [-0.4, -0.2) is 42.2 Å². The first kappa shape index (κ1) is 20.5. The van der Waals surface area contributed by atoms with Gasteiger partial charge < -0.3 is 5.32 Å². The predicted molar refractivity (Wildman–Crippen MR) is 118 cm³/mol. The van der Waals surface area contributed by atoms with Crippen LogP contribution in [0.15, 0.2) is 17.2 Å². The molecule has 0 bridgehead atoms. The first-order chi connectivity index (χ1) is 14.8. The summed E-state index contributed by atoms with van der Waals surface area (Å²) in [5, 5.41) is 6.93. The van der Waals surface area contributed by atoms with Gasteiger partial charge in [0, 0.05) is 37.9 Å². The number of carbonyl (C=O) groups excluding carboxylic acids is 1. The van der Waals surface area contributed by atoms with E-state index in [-0.39, 0.29) is 11.1 Å². The zero-order chi connectivity index (χ0) is 21.8. The first-order valence-electron chi connectivity index (χ1n) is 11.1. The quantitative estimate of drug-likeness (QED) is 0.741. The number of sulfonamides is 1. The van der Waals surface area contributed by atoms with Gasteiger partial charge in [0.2, 0.25) is 0 Å². The Labute approximate surface area is 183 Å². The van der Waals surface area contributed by atoms with Gasteiger partial charge in [-0.25, -0.2) is 9.52 Å². The van der Waals surface area contributed by atoms with Crippen LogP contribution in [0, 0.1) is 0 Å². The highest BCUT2D eigenvalue weighted by Crippen LogP contribution is 2.38. The zero-order valence-corrected chi connectivity index (χ0v) is 18.9. The number of carbonyl (C=O) groups is 1. The Morgan fingerprint density at radius 1 is 1.03 bits per heavy atom. The van der Waals surface area contributed by atoms with Crippen LogP contribution in [0.5, 0.6) is 0 Å². The van der Waals surface area contributed by atoms with Gasteiger partial charge >= 0.3 is 6.03 Å². The van der Waals surface area contributed by atoms with Crippen molar-refractivity contribution in [2.75, 3.05) is 18.4 Å². The fourth-order valence-electron chi connectivity index (χ4n) is 5.17. The summed E-state index contributed by atoms with van der Waals surface area (Å²) in [7, 11) is -2.33. The molecule has 9 heteroatoms. The van der Waals surface area contributed by atoms with Crippen molar-refractivity contribution in [3.05, 3.63) is 40.1 Å². The van der Waals surface area contributed by atoms with Crippen LogP contribution < -0.4 is 10.0 Å². The lowest BCUT2D eigenvalue weighted by Crippen LogP contribution is -2.39. The molecule has 5 rings (SSSR count). The summed E-state index contributed by atoms with van der Waals surface area (Å²) >= 11 is 0. The van der Waals surface area contributed by atoms with E-state index < -0.39 is 16.1 Å². The molecule has 166 valence electrons. The number of fused-ring (bicyclic) bond motifs is 2. The first-order valence-corrected chi connectivity index (χ1v) is 12.6. The molecule has 1 aliphatic heterocycles. The number of anilines is 1. The van der Waals surface area contributed by atoms with E-state index in [1.807, 2.05) is 6.92 Å². The highest BCUT2D eigenvalue weighted by Gasteiger charge is 2.29. The maximum atomic E-state index is 12.9. The van der Waals surface area contributed by atoms with Crippen molar-refractivity contribution in [3.63, 3.8) is 0 Å². The van der Waals surface area contributed by atoms with Gasteiger partial charge in [0.15, 0.2) is 5.03 Å². The molecular weight excluding hydrogens is 414 g/mol. The van der Waals surface area contributed by atoms with Crippen molar-refractivity contribution in [2.45, 2.75) is 62.9 Å². The monoisotopic (exact) mass is 443 g/mol. The number of rotatable bonds is 5. The third-order valence-electron chi connectivity index (χ3n) is 6.97. The molecule has 0 spiro atoms. The van der Waals surface area contributed by atoms with Crippen molar-refractivity contribution in [2.24, 2.45) is 7.05 Å². The number of amides is 2. The average molecular weight is 444 g/mol. The SMILES string of the molecule is CC(c1cc(S(=O)(=O)NC(=O)Nc2c3c(cc4c2CCC4)CCC3)nn1C)N1CCC1. The predicted octanol–water partition coefficient (Wildman–Crippen LogP) is 2.67. The molecule has 1 fully saturated rings. The van der Waals surface area contributed by atoms with E-state index >= 15 is 0 Å². The summed E-state index contributed by atoms with van der Waals surface area (Å²) in [4.78, 5) is 15.0. The number of hydrogen-bond acceptors (Lipinski definition) is 5. The van der Waals surface area contributed by atoms with Gasteiger partial charge in [-0.1, -0.05) is 6.07 Å². The fourth-order valence-corrected chi connectivity index (χ4v) is 6.08. The van der Waals surface area contributed by atoms with Crippen LogP contribution in [0.4, 0.5) is 10.5 Å². The minimum Gasteiger partial charge on any atom is -0.307 e. The third-order valence-corrected chi connectivity index (χ3v) is 8.18. The normalized spacial score (nSPS) is 18.9. The molecule has 1 saturated heterocycles. The number of nitrogens with zero attached hydrogens (tertiary/aromatic N) is 3. The van der Waals surface area contributed by atoms with Crippen LogP contribution in [0.2, 0.25) is 0 Å². The number of urea groups is 1. The largest absolute Gasteiger partial charge is 0.333 e. The Hall–Kier alpha value is -2.39. The fraction of sp³-hybridized carbons (Fsp3) is 0.545. The van der Waals surface area contributed by atoms with Gasteiger partial charge in [0.1, 0.15) is 0 Å². The van der Waals surface area contributed by atoms with Gasteiger partial charge in [-0.05, 0) is 74.1 Å². The number of aromatic nitrogens is 2. The van der Waals surface area contributed by atoms with Gasteiger partial charge in [-0.15, -0.1) is 0 Å². The summed E-state index contributed by atoms with van der Waals surface area (Å²) < 4.78 is 29.5. The van der Waals surface area contributed by atoms with Gasteiger partial charge in [-0.3, -0.25) is 9.58 Å². The molecule has 2 heterocycles. The lowest BCUT2D eigenvalue weighted by Gasteiger charge is -2.36. The van der Waals surface area contributed by atoms with E-state index in [0.717, 1.165) is 80.5 Å². The van der Waals surface area contributed by atoms with Crippen molar-refractivity contribution in [3.8, 4) is 0 Å². The molecule has 0 radical (unpaired) electrons. The van der Waals surface area contributed by atoms with E-state index in [2.05, 4.69) is 26.1 Å². The molecule has 2 amide bonds. The number of aryl methyl sites for hydroxylation is 3. The molecule has 0 saturated carbocycles. The van der Waals surface area contributed by atoms with Gasteiger partial charge in [0.25, 0.3) is 10.0 Å².